The van der Waals surface area contributed by atoms with E-state index in [0.29, 0.717) is 32.8 Å². The Morgan fingerprint density at radius 3 is 2.42 bits per heavy atom. The van der Waals surface area contributed by atoms with Crippen molar-refractivity contribution in [3.63, 3.8) is 0 Å². The van der Waals surface area contributed by atoms with Gasteiger partial charge in [-0.3, -0.25) is 9.59 Å². The van der Waals surface area contributed by atoms with Gasteiger partial charge in [-0.1, -0.05) is 48.5 Å². The van der Waals surface area contributed by atoms with E-state index in [1.165, 1.54) is 10.9 Å². The first-order valence-corrected chi connectivity index (χ1v) is 11.0. The average Bonchev–Trinajstić information content (AvgIpc) is 3.21. The summed E-state index contributed by atoms with van der Waals surface area (Å²) in [6, 6.07) is 18.3. The Kier molecular flexibility index (Phi) is 5.47. The number of nitrogens with zero attached hydrogens (tertiary/aromatic N) is 2. The fourth-order valence-electron chi connectivity index (χ4n) is 4.82. The lowest BCUT2D eigenvalue weighted by Crippen LogP contribution is -2.43. The largest absolute Gasteiger partial charge is 0.378 e. The second-order valence-corrected chi connectivity index (χ2v) is 8.21. The van der Waals surface area contributed by atoms with E-state index in [9.17, 15) is 9.59 Å². The van der Waals surface area contributed by atoms with Crippen molar-refractivity contribution in [1.82, 2.24) is 14.8 Å². The fraction of sp³-hybridized carbons (Fsp3) is 0.360. The van der Waals surface area contributed by atoms with Crippen LogP contribution in [0, 0.1) is 0 Å². The van der Waals surface area contributed by atoms with Crippen LogP contribution < -0.4 is 0 Å². The number of morpholine rings is 1. The number of fused-ring (bicyclic) bond motifs is 3. The molecule has 2 aliphatic rings. The van der Waals surface area contributed by atoms with E-state index in [1.807, 2.05) is 29.2 Å². The third kappa shape index (κ3) is 3.83. The zero-order valence-electron chi connectivity index (χ0n) is 17.5. The van der Waals surface area contributed by atoms with Crippen LogP contribution >= 0.6 is 0 Å². The molecule has 0 aliphatic carbocycles. The normalized spacial score (nSPS) is 18.8. The Morgan fingerprint density at radius 1 is 0.903 bits per heavy atom. The highest BCUT2D eigenvalue weighted by atomic mass is 16.5. The molecule has 0 spiro atoms. The van der Waals surface area contributed by atoms with Crippen molar-refractivity contribution in [2.24, 2.45) is 0 Å². The Hall–Kier alpha value is -3.12. The van der Waals surface area contributed by atoms with Crippen molar-refractivity contribution in [1.29, 1.82) is 0 Å². The van der Waals surface area contributed by atoms with Gasteiger partial charge in [0.05, 0.1) is 19.3 Å². The first kappa shape index (κ1) is 19.8. The number of aromatic amines is 1. The van der Waals surface area contributed by atoms with Crippen LogP contribution in [0.1, 0.15) is 35.7 Å². The molecule has 2 aromatic carbocycles. The molecule has 1 unspecified atom stereocenters. The first-order chi connectivity index (χ1) is 15.2. The van der Waals surface area contributed by atoms with Crippen LogP contribution in [0.5, 0.6) is 0 Å². The molecule has 160 valence electrons. The van der Waals surface area contributed by atoms with Crippen LogP contribution in [0.3, 0.4) is 0 Å². The van der Waals surface area contributed by atoms with Crippen molar-refractivity contribution in [2.45, 2.75) is 25.3 Å². The minimum absolute atomic E-state index is 0.0276. The third-order valence-corrected chi connectivity index (χ3v) is 6.39. The van der Waals surface area contributed by atoms with E-state index in [1.54, 1.807) is 4.90 Å². The monoisotopic (exact) mass is 417 g/mol. The first-order valence-electron chi connectivity index (χ1n) is 11.0. The molecule has 5 rings (SSSR count). The molecule has 1 fully saturated rings. The number of ether oxygens (including phenoxy) is 1. The predicted molar refractivity (Wildman–Crippen MR) is 119 cm³/mol. The number of benzene rings is 2. The summed E-state index contributed by atoms with van der Waals surface area (Å²) in [5.41, 5.74) is 4.57. The van der Waals surface area contributed by atoms with Crippen molar-refractivity contribution in [3.8, 4) is 0 Å². The molecule has 0 bridgehead atoms. The van der Waals surface area contributed by atoms with Gasteiger partial charge in [-0.2, -0.15) is 0 Å². The van der Waals surface area contributed by atoms with E-state index in [-0.39, 0.29) is 30.7 Å². The Balaban J connectivity index is 1.41. The van der Waals surface area contributed by atoms with Crippen LogP contribution in [0.4, 0.5) is 0 Å². The number of aromatic nitrogens is 1. The zero-order chi connectivity index (χ0) is 21.2. The average molecular weight is 418 g/mol. The molecule has 2 aliphatic heterocycles. The number of rotatable bonds is 4. The van der Waals surface area contributed by atoms with E-state index >= 15 is 0 Å². The molecule has 0 saturated carbocycles. The maximum atomic E-state index is 13.3. The maximum Gasteiger partial charge on any atom is 0.223 e. The van der Waals surface area contributed by atoms with Gasteiger partial charge in [0, 0.05) is 49.1 Å². The lowest BCUT2D eigenvalue weighted by Gasteiger charge is -2.36. The van der Waals surface area contributed by atoms with Gasteiger partial charge in [-0.15, -0.1) is 0 Å². The lowest BCUT2D eigenvalue weighted by molar-refractivity contribution is -0.140. The molecule has 6 heteroatoms. The summed E-state index contributed by atoms with van der Waals surface area (Å²) >= 11 is 0. The highest BCUT2D eigenvalue weighted by molar-refractivity contribution is 5.88. The second-order valence-electron chi connectivity index (χ2n) is 8.21. The van der Waals surface area contributed by atoms with Crippen LogP contribution in [-0.4, -0.2) is 59.4 Å². The summed E-state index contributed by atoms with van der Waals surface area (Å²) in [5, 5.41) is 1.23. The zero-order valence-corrected chi connectivity index (χ0v) is 17.5. The molecule has 1 saturated heterocycles. The van der Waals surface area contributed by atoms with E-state index in [4.69, 9.17) is 4.74 Å². The van der Waals surface area contributed by atoms with Crippen molar-refractivity contribution >= 4 is 22.7 Å². The molecule has 6 nitrogen and oxygen atoms in total. The summed E-state index contributed by atoms with van der Waals surface area (Å²) in [5.74, 6) is 0.0657. The van der Waals surface area contributed by atoms with Gasteiger partial charge in [0.2, 0.25) is 11.8 Å². The Morgan fingerprint density at radius 2 is 1.61 bits per heavy atom. The highest BCUT2D eigenvalue weighted by Crippen LogP contribution is 2.38. The number of carbonyl (C=O) groups excluding carboxylic acids is 2. The molecular formula is C25H27N3O3. The van der Waals surface area contributed by atoms with Crippen LogP contribution in [0.15, 0.2) is 54.6 Å². The Bertz CT molecular complexity index is 1090. The third-order valence-electron chi connectivity index (χ3n) is 6.39. The second kappa shape index (κ2) is 8.55. The van der Waals surface area contributed by atoms with Crippen LogP contribution in [0.25, 0.3) is 10.9 Å². The Labute approximate surface area is 181 Å². The summed E-state index contributed by atoms with van der Waals surface area (Å²) < 4.78 is 5.32. The van der Waals surface area contributed by atoms with E-state index < -0.39 is 0 Å². The molecule has 1 N–H and O–H groups in total. The number of H-pyrrole nitrogens is 1. The van der Waals surface area contributed by atoms with Crippen LogP contribution in [-0.2, 0) is 20.7 Å². The minimum atomic E-state index is -0.164. The van der Waals surface area contributed by atoms with E-state index in [0.717, 1.165) is 23.2 Å². The van der Waals surface area contributed by atoms with Gasteiger partial charge in [-0.05, 0) is 23.6 Å². The topological polar surface area (TPSA) is 65.6 Å². The number of amides is 2. The maximum absolute atomic E-state index is 13.3. The number of hydrogen-bond donors (Lipinski definition) is 1. The summed E-state index contributed by atoms with van der Waals surface area (Å²) in [7, 11) is 0. The number of para-hydroxylation sites is 1. The van der Waals surface area contributed by atoms with Gasteiger partial charge in [-0.25, -0.2) is 0 Å². The smallest absolute Gasteiger partial charge is 0.223 e. The molecule has 3 heterocycles. The number of carbonyl (C=O) groups is 2. The molecule has 1 atom stereocenters. The number of nitrogens with one attached hydrogen (secondary N) is 1. The summed E-state index contributed by atoms with van der Waals surface area (Å²) in [6.45, 7) is 3.03. The van der Waals surface area contributed by atoms with Crippen molar-refractivity contribution < 1.29 is 14.3 Å². The van der Waals surface area contributed by atoms with E-state index in [2.05, 4.69) is 35.3 Å². The molecule has 0 radical (unpaired) electrons. The van der Waals surface area contributed by atoms with Crippen molar-refractivity contribution in [3.05, 3.63) is 71.4 Å². The number of hydrogen-bond acceptors (Lipinski definition) is 3. The highest BCUT2D eigenvalue weighted by Gasteiger charge is 2.34. The standard InChI is InChI=1S/C25H27N3O3/c29-22(27-14-16-31-17-15-27)10-11-23(30)28-13-12-20-19-8-4-5-9-21(19)26-24(20)25(28)18-6-2-1-3-7-18/h1-9,25-26H,10-17H2. The molecule has 31 heavy (non-hydrogen) atoms. The van der Waals surface area contributed by atoms with Gasteiger partial charge in [0.1, 0.15) is 0 Å². The lowest BCUT2D eigenvalue weighted by atomic mass is 9.92. The quantitative estimate of drug-likeness (QED) is 0.709. The fourth-order valence-corrected chi connectivity index (χ4v) is 4.82. The molecule has 1 aromatic heterocycles. The van der Waals surface area contributed by atoms with Gasteiger partial charge in [0.15, 0.2) is 0 Å². The predicted octanol–water partition coefficient (Wildman–Crippen LogP) is 3.28. The van der Waals surface area contributed by atoms with Crippen molar-refractivity contribution in [2.75, 3.05) is 32.8 Å². The SMILES string of the molecule is O=C(CCC(=O)N1CCc2c([nH]c3ccccc23)C1c1ccccc1)N1CCOCC1. The van der Waals surface area contributed by atoms with Gasteiger partial charge < -0.3 is 19.5 Å². The summed E-state index contributed by atoms with van der Waals surface area (Å²) in [6.07, 6.45) is 1.29. The molecular weight excluding hydrogens is 390 g/mol. The molecule has 3 aromatic rings. The molecule has 2 amide bonds. The summed E-state index contributed by atoms with van der Waals surface area (Å²) in [4.78, 5) is 33.2. The minimum Gasteiger partial charge on any atom is -0.378 e. The van der Waals surface area contributed by atoms with Gasteiger partial charge >= 0.3 is 0 Å². The van der Waals surface area contributed by atoms with Crippen LogP contribution in [0.2, 0.25) is 0 Å². The van der Waals surface area contributed by atoms with Gasteiger partial charge in [0.25, 0.3) is 0 Å².